The van der Waals surface area contributed by atoms with E-state index in [0.717, 1.165) is 0 Å². The van der Waals surface area contributed by atoms with Crippen LogP contribution >= 0.6 is 12.4 Å². The van der Waals surface area contributed by atoms with Crippen molar-refractivity contribution in [2.45, 2.75) is 26.3 Å². The van der Waals surface area contributed by atoms with Crippen molar-refractivity contribution in [2.24, 2.45) is 11.7 Å². The van der Waals surface area contributed by atoms with Gasteiger partial charge in [0, 0.05) is 32.1 Å². The van der Waals surface area contributed by atoms with E-state index in [1.165, 1.54) is 0 Å². The highest BCUT2D eigenvalue weighted by molar-refractivity contribution is 5.89. The van der Waals surface area contributed by atoms with E-state index in [-0.39, 0.29) is 36.2 Å². The smallest absolute Gasteiger partial charge is 0.225 e. The first-order valence-electron chi connectivity index (χ1n) is 5.36. The third-order valence-electron chi connectivity index (χ3n) is 2.71. The zero-order valence-corrected chi connectivity index (χ0v) is 10.5. The fourth-order valence-corrected chi connectivity index (χ4v) is 1.67. The van der Waals surface area contributed by atoms with Gasteiger partial charge in [0.05, 0.1) is 5.92 Å². The van der Waals surface area contributed by atoms with Gasteiger partial charge < -0.3 is 16.0 Å². The van der Waals surface area contributed by atoms with Crippen molar-refractivity contribution in [2.75, 3.05) is 19.6 Å². The molecular weight excluding hydrogens is 230 g/mol. The van der Waals surface area contributed by atoms with Gasteiger partial charge in [-0.1, -0.05) is 0 Å². The van der Waals surface area contributed by atoms with Crippen LogP contribution in [0.25, 0.3) is 0 Å². The van der Waals surface area contributed by atoms with Crippen molar-refractivity contribution in [1.29, 1.82) is 0 Å². The van der Waals surface area contributed by atoms with Crippen molar-refractivity contribution in [1.82, 2.24) is 10.2 Å². The van der Waals surface area contributed by atoms with Gasteiger partial charge in [-0.2, -0.15) is 0 Å². The number of likely N-dealkylation sites (tertiary alicyclic amines) is 1. The molecule has 0 aromatic heterocycles. The summed E-state index contributed by atoms with van der Waals surface area (Å²) in [7, 11) is 0. The quantitative estimate of drug-likeness (QED) is 0.721. The molecule has 6 heteroatoms. The van der Waals surface area contributed by atoms with Crippen LogP contribution in [0, 0.1) is 5.92 Å². The lowest BCUT2D eigenvalue weighted by atomic mass is 10.1. The van der Waals surface area contributed by atoms with Gasteiger partial charge >= 0.3 is 0 Å². The molecule has 1 saturated heterocycles. The number of hydrogen-bond acceptors (Lipinski definition) is 3. The maximum atomic E-state index is 11.7. The van der Waals surface area contributed by atoms with Crippen LogP contribution < -0.4 is 11.1 Å². The Morgan fingerprint density at radius 3 is 2.75 bits per heavy atom. The molecule has 0 aromatic carbocycles. The Morgan fingerprint density at radius 1 is 1.69 bits per heavy atom. The number of nitrogens with two attached hydrogens (primary N) is 1. The number of carbonyl (C=O) groups is 2. The molecule has 94 valence electrons. The van der Waals surface area contributed by atoms with Crippen LogP contribution in [0.5, 0.6) is 0 Å². The second kappa shape index (κ2) is 6.70. The largest absolute Gasteiger partial charge is 0.352 e. The highest BCUT2D eigenvalue weighted by Gasteiger charge is 2.33. The molecule has 0 saturated carbocycles. The molecule has 5 nitrogen and oxygen atoms in total. The molecule has 3 N–H and O–H groups in total. The first-order chi connectivity index (χ1) is 7.08. The summed E-state index contributed by atoms with van der Waals surface area (Å²) in [6, 6.07) is -0.0247. The van der Waals surface area contributed by atoms with E-state index >= 15 is 0 Å². The summed E-state index contributed by atoms with van der Waals surface area (Å²) < 4.78 is 0. The third-order valence-corrected chi connectivity index (χ3v) is 2.71. The molecule has 0 radical (unpaired) electrons. The van der Waals surface area contributed by atoms with Crippen LogP contribution in [0.3, 0.4) is 0 Å². The fourth-order valence-electron chi connectivity index (χ4n) is 1.67. The van der Waals surface area contributed by atoms with Crippen molar-refractivity contribution in [3.63, 3.8) is 0 Å². The molecular formula is C10H20ClN3O2. The molecule has 1 heterocycles. The fraction of sp³-hybridized carbons (Fsp3) is 0.800. The third kappa shape index (κ3) is 3.64. The maximum Gasteiger partial charge on any atom is 0.225 e. The Labute approximate surface area is 102 Å². The Hall–Kier alpha value is -0.810. The number of nitrogens with one attached hydrogen (secondary N) is 1. The van der Waals surface area contributed by atoms with Crippen LogP contribution in [-0.2, 0) is 9.59 Å². The summed E-state index contributed by atoms with van der Waals surface area (Å²) in [5.41, 5.74) is 5.41. The molecule has 1 rings (SSSR count). The lowest BCUT2D eigenvalue weighted by Crippen LogP contribution is -2.41. The van der Waals surface area contributed by atoms with Crippen LogP contribution in [0.2, 0.25) is 0 Å². The minimum atomic E-state index is -0.202. The normalized spacial score (nSPS) is 21.6. The summed E-state index contributed by atoms with van der Waals surface area (Å²) in [4.78, 5) is 24.8. The number of amides is 2. The summed E-state index contributed by atoms with van der Waals surface area (Å²) in [6.07, 6.45) is 0.330. The van der Waals surface area contributed by atoms with Gasteiger partial charge in [-0.3, -0.25) is 9.59 Å². The molecule has 0 spiro atoms. The van der Waals surface area contributed by atoms with E-state index < -0.39 is 0 Å². The van der Waals surface area contributed by atoms with Gasteiger partial charge in [0.1, 0.15) is 0 Å². The van der Waals surface area contributed by atoms with E-state index in [2.05, 4.69) is 5.32 Å². The summed E-state index contributed by atoms with van der Waals surface area (Å²) in [6.45, 7) is 5.41. The standard InChI is InChI=1S/C10H19N3O2.ClH/c1-3-13-6-8(4-9(13)14)10(15)12-7(2)5-11;/h7-8H,3-6,11H2,1-2H3,(H,12,15);1H/t7-,8?;/m0./s1. The lowest BCUT2D eigenvalue weighted by Gasteiger charge is -2.16. The predicted molar refractivity (Wildman–Crippen MR) is 64.3 cm³/mol. The van der Waals surface area contributed by atoms with Gasteiger partial charge in [0.25, 0.3) is 0 Å². The summed E-state index contributed by atoms with van der Waals surface area (Å²) in [5.74, 6) is -0.193. The van der Waals surface area contributed by atoms with Crippen molar-refractivity contribution in [3.05, 3.63) is 0 Å². The van der Waals surface area contributed by atoms with Crippen molar-refractivity contribution in [3.8, 4) is 0 Å². The van der Waals surface area contributed by atoms with Gasteiger partial charge in [-0.25, -0.2) is 0 Å². The second-order valence-corrected chi connectivity index (χ2v) is 3.98. The van der Waals surface area contributed by atoms with Crippen molar-refractivity contribution >= 4 is 24.2 Å². The Balaban J connectivity index is 0.00000225. The van der Waals surface area contributed by atoms with E-state index in [1.54, 1.807) is 4.90 Å². The van der Waals surface area contributed by atoms with E-state index in [0.29, 0.717) is 26.1 Å². The van der Waals surface area contributed by atoms with Crippen LogP contribution in [0.1, 0.15) is 20.3 Å². The molecule has 16 heavy (non-hydrogen) atoms. The van der Waals surface area contributed by atoms with Gasteiger partial charge in [0.15, 0.2) is 0 Å². The molecule has 2 amide bonds. The molecule has 1 unspecified atom stereocenters. The summed E-state index contributed by atoms with van der Waals surface area (Å²) in [5, 5.41) is 2.79. The minimum absolute atomic E-state index is 0. The first kappa shape index (κ1) is 15.2. The zero-order chi connectivity index (χ0) is 11.4. The molecule has 1 aliphatic rings. The lowest BCUT2D eigenvalue weighted by molar-refractivity contribution is -0.129. The summed E-state index contributed by atoms with van der Waals surface area (Å²) >= 11 is 0. The first-order valence-corrected chi connectivity index (χ1v) is 5.36. The maximum absolute atomic E-state index is 11.7. The Kier molecular flexibility index (Phi) is 6.36. The topological polar surface area (TPSA) is 75.4 Å². The van der Waals surface area contributed by atoms with Crippen molar-refractivity contribution < 1.29 is 9.59 Å². The van der Waals surface area contributed by atoms with Gasteiger partial charge in [-0.15, -0.1) is 12.4 Å². The molecule has 0 aliphatic carbocycles. The van der Waals surface area contributed by atoms with E-state index in [4.69, 9.17) is 5.73 Å². The monoisotopic (exact) mass is 249 g/mol. The Morgan fingerprint density at radius 2 is 2.31 bits per heavy atom. The molecule has 0 bridgehead atoms. The number of halogens is 1. The van der Waals surface area contributed by atoms with Gasteiger partial charge in [-0.05, 0) is 13.8 Å². The second-order valence-electron chi connectivity index (χ2n) is 3.98. The van der Waals surface area contributed by atoms with E-state index in [9.17, 15) is 9.59 Å². The number of hydrogen-bond donors (Lipinski definition) is 2. The highest BCUT2D eigenvalue weighted by atomic mass is 35.5. The highest BCUT2D eigenvalue weighted by Crippen LogP contribution is 2.17. The molecule has 1 fully saturated rings. The average Bonchev–Trinajstić information content (AvgIpc) is 2.59. The number of nitrogens with zero attached hydrogens (tertiary/aromatic N) is 1. The van der Waals surface area contributed by atoms with Crippen LogP contribution in [0.15, 0.2) is 0 Å². The van der Waals surface area contributed by atoms with Crippen LogP contribution in [0.4, 0.5) is 0 Å². The SMILES string of the molecule is CCN1CC(C(=O)N[C@@H](C)CN)CC1=O.Cl. The average molecular weight is 250 g/mol. The number of carbonyl (C=O) groups excluding carboxylic acids is 2. The van der Waals surface area contributed by atoms with E-state index in [1.807, 2.05) is 13.8 Å². The molecule has 1 aliphatic heterocycles. The number of rotatable bonds is 4. The van der Waals surface area contributed by atoms with Gasteiger partial charge in [0.2, 0.25) is 11.8 Å². The molecule has 2 atom stereocenters. The molecule has 0 aromatic rings. The predicted octanol–water partition coefficient (Wildman–Crippen LogP) is -0.260. The minimum Gasteiger partial charge on any atom is -0.352 e. The van der Waals surface area contributed by atoms with Crippen LogP contribution in [-0.4, -0.2) is 42.4 Å². The zero-order valence-electron chi connectivity index (χ0n) is 9.73. The Bertz CT molecular complexity index is 260.